The van der Waals surface area contributed by atoms with Gasteiger partial charge in [-0.3, -0.25) is 14.2 Å². The summed E-state index contributed by atoms with van der Waals surface area (Å²) in [4.78, 5) is 34.9. The predicted octanol–water partition coefficient (Wildman–Crippen LogP) is 6.79. The van der Waals surface area contributed by atoms with Crippen LogP contribution in [0.1, 0.15) is 54.1 Å². The second-order valence-corrected chi connectivity index (χ2v) is 10.0. The number of aromatic nitrogens is 2. The second-order valence-electron chi connectivity index (χ2n) is 10.0. The molecule has 1 unspecified atom stereocenters. The topological polar surface area (TPSA) is 64.4 Å². The van der Waals surface area contributed by atoms with E-state index in [1.54, 1.807) is 10.6 Å². The molecule has 6 heteroatoms. The van der Waals surface area contributed by atoms with Crippen LogP contribution in [0.15, 0.2) is 108 Å². The summed E-state index contributed by atoms with van der Waals surface area (Å²) in [6, 6.07) is 32.1. The van der Waals surface area contributed by atoms with Crippen molar-refractivity contribution in [2.45, 2.75) is 39.7 Å². The Morgan fingerprint density at radius 3 is 2.22 bits per heavy atom. The molecule has 0 fully saturated rings. The lowest BCUT2D eigenvalue weighted by molar-refractivity contribution is 0.0683. The van der Waals surface area contributed by atoms with Gasteiger partial charge in [0.25, 0.3) is 11.5 Å². The largest absolute Gasteiger partial charge is 0.494 e. The first kappa shape index (κ1) is 27.8. The molecular formula is C35H35N3O3. The number of benzene rings is 4. The number of ether oxygens (including phenoxy) is 1. The summed E-state index contributed by atoms with van der Waals surface area (Å²) < 4.78 is 7.26. The van der Waals surface area contributed by atoms with Crippen molar-refractivity contribution >= 4 is 16.8 Å². The molecule has 0 aliphatic carbocycles. The van der Waals surface area contributed by atoms with E-state index in [4.69, 9.17) is 9.72 Å². The first-order chi connectivity index (χ1) is 20.0. The van der Waals surface area contributed by atoms with Crippen LogP contribution in [-0.2, 0) is 12.8 Å². The Kier molecular flexibility index (Phi) is 8.59. The lowest BCUT2D eigenvalue weighted by atomic mass is 10.1. The fraction of sp³-hybridized carbons (Fsp3) is 0.229. The molecule has 0 radical (unpaired) electrons. The van der Waals surface area contributed by atoms with Gasteiger partial charge < -0.3 is 9.64 Å². The second kappa shape index (κ2) is 12.6. The maximum atomic E-state index is 14.1. The Morgan fingerprint density at radius 1 is 0.854 bits per heavy atom. The SMILES string of the molecule is CCOc1ccc(-n2c(C(C)N(CCc3ccccc3)C(=O)c3ccc(CC)cc3)nc3ccccc3c2=O)cc1. The smallest absolute Gasteiger partial charge is 0.266 e. The van der Waals surface area contributed by atoms with E-state index in [9.17, 15) is 9.59 Å². The van der Waals surface area contributed by atoms with Crippen molar-refractivity contribution in [3.8, 4) is 11.4 Å². The molecular weight excluding hydrogens is 510 g/mol. The molecule has 6 nitrogen and oxygen atoms in total. The minimum Gasteiger partial charge on any atom is -0.494 e. The van der Waals surface area contributed by atoms with Gasteiger partial charge in [-0.25, -0.2) is 4.98 Å². The Balaban J connectivity index is 1.62. The zero-order chi connectivity index (χ0) is 28.8. The number of fused-ring (bicyclic) bond motifs is 1. The molecule has 5 rings (SSSR count). The highest BCUT2D eigenvalue weighted by Gasteiger charge is 2.27. The van der Waals surface area contributed by atoms with Crippen LogP contribution in [0, 0.1) is 0 Å². The van der Waals surface area contributed by atoms with Crippen LogP contribution >= 0.6 is 0 Å². The van der Waals surface area contributed by atoms with Crippen molar-refractivity contribution < 1.29 is 9.53 Å². The number of hydrogen-bond donors (Lipinski definition) is 0. The summed E-state index contributed by atoms with van der Waals surface area (Å²) in [5.41, 5.74) is 4.01. The molecule has 1 amide bonds. The highest BCUT2D eigenvalue weighted by atomic mass is 16.5. The minimum absolute atomic E-state index is 0.100. The third kappa shape index (κ3) is 6.07. The van der Waals surface area contributed by atoms with E-state index >= 15 is 0 Å². The molecule has 0 saturated carbocycles. The Bertz CT molecular complexity index is 1680. The van der Waals surface area contributed by atoms with Gasteiger partial charge in [0.05, 0.1) is 29.2 Å². The number of carbonyl (C=O) groups is 1. The standard InChI is InChI=1S/C35H35N3O3/c1-4-26-15-17-28(18-16-26)34(39)37(24-23-27-11-7-6-8-12-27)25(3)33-36-32-14-10-9-13-31(32)35(40)38(33)29-19-21-30(22-20-29)41-5-2/h6-22,25H,4-5,23-24H2,1-3H3. The van der Waals surface area contributed by atoms with Gasteiger partial charge in [-0.05, 0) is 86.3 Å². The van der Waals surface area contributed by atoms with Crippen molar-refractivity contribution in [3.05, 3.63) is 136 Å². The third-order valence-corrected chi connectivity index (χ3v) is 7.40. The summed E-state index contributed by atoms with van der Waals surface area (Å²) in [7, 11) is 0. The van der Waals surface area contributed by atoms with Crippen LogP contribution in [0.5, 0.6) is 5.75 Å². The molecule has 0 aliphatic heterocycles. The normalized spacial score (nSPS) is 11.8. The summed E-state index contributed by atoms with van der Waals surface area (Å²) in [5, 5.41) is 0.523. The van der Waals surface area contributed by atoms with Crippen molar-refractivity contribution in [2.75, 3.05) is 13.2 Å². The van der Waals surface area contributed by atoms with Gasteiger partial charge in [-0.2, -0.15) is 0 Å². The minimum atomic E-state index is -0.499. The summed E-state index contributed by atoms with van der Waals surface area (Å²) >= 11 is 0. The lowest BCUT2D eigenvalue weighted by Crippen LogP contribution is -2.38. The van der Waals surface area contributed by atoms with E-state index in [2.05, 4.69) is 19.1 Å². The van der Waals surface area contributed by atoms with E-state index in [1.807, 2.05) is 104 Å². The van der Waals surface area contributed by atoms with Crippen molar-refractivity contribution in [2.24, 2.45) is 0 Å². The number of carbonyl (C=O) groups excluding carboxylic acids is 1. The number of nitrogens with zero attached hydrogens (tertiary/aromatic N) is 3. The average molecular weight is 546 g/mol. The molecule has 208 valence electrons. The van der Waals surface area contributed by atoms with Crippen molar-refractivity contribution in [1.82, 2.24) is 14.5 Å². The highest BCUT2D eigenvalue weighted by molar-refractivity contribution is 5.94. The van der Waals surface area contributed by atoms with Gasteiger partial charge in [0.2, 0.25) is 0 Å². The van der Waals surface area contributed by atoms with Crippen LogP contribution in [-0.4, -0.2) is 33.5 Å². The first-order valence-electron chi connectivity index (χ1n) is 14.2. The van der Waals surface area contributed by atoms with Crippen LogP contribution in [0.4, 0.5) is 0 Å². The summed E-state index contributed by atoms with van der Waals surface area (Å²) in [5.74, 6) is 1.13. The Morgan fingerprint density at radius 2 is 1.54 bits per heavy atom. The summed E-state index contributed by atoms with van der Waals surface area (Å²) in [6.45, 7) is 6.99. The number of para-hydroxylation sites is 1. The van der Waals surface area contributed by atoms with Crippen molar-refractivity contribution in [1.29, 1.82) is 0 Å². The third-order valence-electron chi connectivity index (χ3n) is 7.40. The molecule has 0 saturated heterocycles. The molecule has 0 bridgehead atoms. The molecule has 0 aliphatic rings. The fourth-order valence-corrected chi connectivity index (χ4v) is 5.09. The Labute approximate surface area is 240 Å². The predicted molar refractivity (Wildman–Crippen MR) is 164 cm³/mol. The zero-order valence-electron chi connectivity index (χ0n) is 23.8. The van der Waals surface area contributed by atoms with Gasteiger partial charge in [0.15, 0.2) is 0 Å². The number of amides is 1. The first-order valence-corrected chi connectivity index (χ1v) is 14.2. The molecule has 1 atom stereocenters. The quantitative estimate of drug-likeness (QED) is 0.194. The number of hydrogen-bond acceptors (Lipinski definition) is 4. The van der Waals surface area contributed by atoms with Crippen LogP contribution in [0.3, 0.4) is 0 Å². The van der Waals surface area contributed by atoms with E-state index < -0.39 is 6.04 Å². The average Bonchev–Trinajstić information content (AvgIpc) is 3.02. The Hall–Kier alpha value is -4.71. The van der Waals surface area contributed by atoms with E-state index in [-0.39, 0.29) is 11.5 Å². The molecule has 4 aromatic carbocycles. The summed E-state index contributed by atoms with van der Waals surface area (Å²) in [6.07, 6.45) is 1.57. The number of rotatable bonds is 10. The molecule has 1 aromatic heterocycles. The maximum absolute atomic E-state index is 14.1. The van der Waals surface area contributed by atoms with Crippen molar-refractivity contribution in [3.63, 3.8) is 0 Å². The van der Waals surface area contributed by atoms with Gasteiger partial charge in [-0.15, -0.1) is 0 Å². The zero-order valence-corrected chi connectivity index (χ0v) is 23.8. The molecule has 0 spiro atoms. The van der Waals surface area contributed by atoms with Gasteiger partial charge in [0, 0.05) is 12.1 Å². The molecule has 1 heterocycles. The van der Waals surface area contributed by atoms with Gasteiger partial charge in [-0.1, -0.05) is 61.5 Å². The molecule has 41 heavy (non-hydrogen) atoms. The van der Waals surface area contributed by atoms with E-state index in [0.717, 1.165) is 17.7 Å². The maximum Gasteiger partial charge on any atom is 0.266 e. The fourth-order valence-electron chi connectivity index (χ4n) is 5.09. The molecule has 5 aromatic rings. The van der Waals surface area contributed by atoms with Gasteiger partial charge >= 0.3 is 0 Å². The van der Waals surface area contributed by atoms with Crippen LogP contribution in [0.2, 0.25) is 0 Å². The van der Waals surface area contributed by atoms with Crippen LogP contribution in [0.25, 0.3) is 16.6 Å². The monoisotopic (exact) mass is 545 g/mol. The lowest BCUT2D eigenvalue weighted by Gasteiger charge is -2.31. The van der Waals surface area contributed by atoms with E-state index in [1.165, 1.54) is 5.56 Å². The van der Waals surface area contributed by atoms with Gasteiger partial charge in [0.1, 0.15) is 11.6 Å². The highest BCUT2D eigenvalue weighted by Crippen LogP contribution is 2.26. The van der Waals surface area contributed by atoms with Crippen LogP contribution < -0.4 is 10.3 Å². The van der Waals surface area contributed by atoms with E-state index in [0.29, 0.717) is 47.6 Å². The molecule has 0 N–H and O–H groups in total. The number of aryl methyl sites for hydroxylation is 1.